The number of hydrogen-bond donors (Lipinski definition) is 3. The molecule has 3 N–H and O–H groups in total. The molecule has 0 radical (unpaired) electrons. The minimum absolute atomic E-state index is 0.0173. The molecule has 0 spiro atoms. The number of likely N-dealkylation sites (tertiary alicyclic amines) is 1. The second kappa shape index (κ2) is 9.66. The third-order valence-electron chi connectivity index (χ3n) is 5.52. The number of fused-ring (bicyclic) bond motifs is 1. The van der Waals surface area contributed by atoms with E-state index in [4.69, 9.17) is 4.74 Å². The highest BCUT2D eigenvalue weighted by Gasteiger charge is 2.28. The molecule has 1 fully saturated rings. The lowest BCUT2D eigenvalue weighted by molar-refractivity contribution is -0.900. The number of carbonyl (C=O) groups is 2. The van der Waals surface area contributed by atoms with E-state index in [1.165, 1.54) is 22.6 Å². The Morgan fingerprint density at radius 3 is 2.85 bits per heavy atom. The van der Waals surface area contributed by atoms with Crippen molar-refractivity contribution >= 4 is 28.2 Å². The van der Waals surface area contributed by atoms with E-state index in [-0.39, 0.29) is 11.8 Å². The van der Waals surface area contributed by atoms with Crippen molar-refractivity contribution < 1.29 is 19.2 Å². The minimum atomic E-state index is -0.0966. The molecular weight excluding hydrogens is 362 g/mol. The summed E-state index contributed by atoms with van der Waals surface area (Å²) in [5.41, 5.74) is 1.82. The predicted molar refractivity (Wildman–Crippen MR) is 108 cm³/mol. The largest absolute Gasteiger partial charge is 0.383 e. The summed E-state index contributed by atoms with van der Waals surface area (Å²) in [4.78, 5) is 28.0. The van der Waals surface area contributed by atoms with Gasteiger partial charge in [0.1, 0.15) is 5.00 Å². The Bertz CT molecular complexity index is 674. The van der Waals surface area contributed by atoms with Gasteiger partial charge in [0, 0.05) is 24.4 Å². The number of carbonyl (C=O) groups excluding carboxylic acids is 2. The van der Waals surface area contributed by atoms with Crippen LogP contribution in [-0.2, 0) is 22.4 Å². The van der Waals surface area contributed by atoms with Crippen LogP contribution in [0.4, 0.5) is 5.00 Å². The second-order valence-corrected chi connectivity index (χ2v) is 8.95. The summed E-state index contributed by atoms with van der Waals surface area (Å²) in [5, 5.41) is 6.72. The molecule has 0 aromatic carbocycles. The molecule has 2 amide bonds. The van der Waals surface area contributed by atoms with Crippen LogP contribution in [0.25, 0.3) is 0 Å². The summed E-state index contributed by atoms with van der Waals surface area (Å²) in [6.07, 6.45) is 6.62. The average molecular weight is 395 g/mol. The van der Waals surface area contributed by atoms with Crippen molar-refractivity contribution in [2.45, 2.75) is 45.4 Å². The van der Waals surface area contributed by atoms with Crippen molar-refractivity contribution in [3.8, 4) is 0 Å². The molecule has 150 valence electrons. The first-order chi connectivity index (χ1) is 13.1. The summed E-state index contributed by atoms with van der Waals surface area (Å²) in [5.74, 6) is 0.599. The number of hydrogen-bond acceptors (Lipinski definition) is 4. The molecule has 27 heavy (non-hydrogen) atoms. The fourth-order valence-corrected chi connectivity index (χ4v) is 5.51. The average Bonchev–Trinajstić information content (AvgIpc) is 2.99. The van der Waals surface area contributed by atoms with Gasteiger partial charge in [0.05, 0.1) is 25.3 Å². The SMILES string of the molecule is COCCNC(=O)c1c(NC(=O)C[NH+]2CCC[C@H](C)C2)sc2c1CCCC2. The third kappa shape index (κ3) is 5.30. The van der Waals surface area contributed by atoms with Crippen LogP contribution in [0, 0.1) is 5.92 Å². The summed E-state index contributed by atoms with van der Waals surface area (Å²) >= 11 is 1.59. The Morgan fingerprint density at radius 2 is 2.07 bits per heavy atom. The fraction of sp³-hybridized carbons (Fsp3) is 0.700. The van der Waals surface area contributed by atoms with Gasteiger partial charge in [-0.15, -0.1) is 11.3 Å². The molecular formula is C20H32N3O3S+. The number of anilines is 1. The van der Waals surface area contributed by atoms with Crippen molar-refractivity contribution in [3.63, 3.8) is 0 Å². The number of rotatable bonds is 7. The summed E-state index contributed by atoms with van der Waals surface area (Å²) < 4.78 is 5.03. The molecule has 6 nitrogen and oxygen atoms in total. The van der Waals surface area contributed by atoms with Crippen molar-refractivity contribution in [1.82, 2.24) is 5.32 Å². The van der Waals surface area contributed by atoms with Crippen LogP contribution in [0.2, 0.25) is 0 Å². The zero-order valence-corrected chi connectivity index (χ0v) is 17.3. The molecule has 1 aromatic rings. The van der Waals surface area contributed by atoms with Crippen molar-refractivity contribution in [2.75, 3.05) is 45.2 Å². The number of thiophene rings is 1. The molecule has 0 saturated carbocycles. The normalized spacial score (nSPS) is 22.1. The van der Waals surface area contributed by atoms with Crippen LogP contribution < -0.4 is 15.5 Å². The number of amides is 2. The van der Waals surface area contributed by atoms with Gasteiger partial charge in [0.2, 0.25) is 0 Å². The Balaban J connectivity index is 1.70. The number of methoxy groups -OCH3 is 1. The molecule has 1 aliphatic carbocycles. The smallest absolute Gasteiger partial charge is 0.280 e. The number of aryl methyl sites for hydroxylation is 1. The maximum absolute atomic E-state index is 12.8. The molecule has 0 bridgehead atoms. The summed E-state index contributed by atoms with van der Waals surface area (Å²) in [6.45, 7) is 5.81. The van der Waals surface area contributed by atoms with Crippen molar-refractivity contribution in [3.05, 3.63) is 16.0 Å². The van der Waals surface area contributed by atoms with E-state index >= 15 is 0 Å². The van der Waals surface area contributed by atoms with Crippen LogP contribution in [0.3, 0.4) is 0 Å². The van der Waals surface area contributed by atoms with E-state index in [2.05, 4.69) is 17.6 Å². The monoisotopic (exact) mass is 394 g/mol. The van der Waals surface area contributed by atoms with Crippen LogP contribution in [-0.4, -0.2) is 51.7 Å². The lowest BCUT2D eigenvalue weighted by atomic mass is 9.95. The first-order valence-corrected chi connectivity index (χ1v) is 10.9. The van der Waals surface area contributed by atoms with Gasteiger partial charge in [-0.05, 0) is 44.1 Å². The fourth-order valence-electron chi connectivity index (χ4n) is 4.21. The number of quaternary nitrogens is 1. The Kier molecular flexibility index (Phi) is 7.26. The zero-order chi connectivity index (χ0) is 19.2. The highest BCUT2D eigenvalue weighted by molar-refractivity contribution is 7.17. The number of ether oxygens (including phenoxy) is 1. The van der Waals surface area contributed by atoms with Gasteiger partial charge in [-0.25, -0.2) is 0 Å². The molecule has 1 aromatic heterocycles. The van der Waals surface area contributed by atoms with E-state index in [9.17, 15) is 9.59 Å². The molecule has 3 rings (SSSR count). The summed E-state index contributed by atoms with van der Waals surface area (Å²) in [7, 11) is 1.62. The van der Waals surface area contributed by atoms with Gasteiger partial charge in [0.25, 0.3) is 11.8 Å². The van der Waals surface area contributed by atoms with Gasteiger partial charge < -0.3 is 20.3 Å². The number of nitrogens with one attached hydrogen (secondary N) is 3. The highest BCUT2D eigenvalue weighted by atomic mass is 32.1. The lowest BCUT2D eigenvalue weighted by Crippen LogP contribution is -3.14. The van der Waals surface area contributed by atoms with Gasteiger partial charge in [-0.2, -0.15) is 0 Å². The van der Waals surface area contributed by atoms with E-state index < -0.39 is 0 Å². The van der Waals surface area contributed by atoms with Crippen LogP contribution >= 0.6 is 11.3 Å². The van der Waals surface area contributed by atoms with Gasteiger partial charge >= 0.3 is 0 Å². The van der Waals surface area contributed by atoms with E-state index in [0.29, 0.717) is 31.2 Å². The zero-order valence-electron chi connectivity index (χ0n) is 16.5. The van der Waals surface area contributed by atoms with Gasteiger partial charge in [0.15, 0.2) is 6.54 Å². The topological polar surface area (TPSA) is 71.9 Å². The third-order valence-corrected chi connectivity index (χ3v) is 6.73. The maximum Gasteiger partial charge on any atom is 0.280 e. The van der Waals surface area contributed by atoms with Gasteiger partial charge in [-0.3, -0.25) is 9.59 Å². The van der Waals surface area contributed by atoms with Crippen LogP contribution in [0.15, 0.2) is 0 Å². The van der Waals surface area contributed by atoms with Crippen LogP contribution in [0.5, 0.6) is 0 Å². The highest BCUT2D eigenvalue weighted by Crippen LogP contribution is 2.38. The molecule has 1 aliphatic heterocycles. The Hall–Kier alpha value is -1.44. The first kappa shape index (κ1) is 20.3. The minimum Gasteiger partial charge on any atom is -0.383 e. The van der Waals surface area contributed by atoms with E-state index in [1.54, 1.807) is 18.4 Å². The molecule has 7 heteroatoms. The quantitative estimate of drug-likeness (QED) is 0.610. The predicted octanol–water partition coefficient (Wildman–Crippen LogP) is 1.26. The molecule has 2 heterocycles. The molecule has 2 aliphatic rings. The Morgan fingerprint density at radius 1 is 1.26 bits per heavy atom. The Labute approximate surface area is 165 Å². The van der Waals surface area contributed by atoms with E-state index in [1.807, 2.05) is 0 Å². The van der Waals surface area contributed by atoms with Crippen LogP contribution in [0.1, 0.15) is 53.4 Å². The lowest BCUT2D eigenvalue weighted by Gasteiger charge is -2.27. The standard InChI is InChI=1S/C20H31N3O3S/c1-14-6-5-10-23(12-14)13-17(24)22-20-18(19(25)21-9-11-26-2)15-7-3-4-8-16(15)27-20/h14H,3-13H2,1-2H3,(H,21,25)(H,22,24)/p+1/t14-/m0/s1. The molecule has 2 atom stereocenters. The summed E-state index contributed by atoms with van der Waals surface area (Å²) in [6, 6.07) is 0. The number of piperidine rings is 1. The van der Waals surface area contributed by atoms with Gasteiger partial charge in [-0.1, -0.05) is 6.92 Å². The second-order valence-electron chi connectivity index (χ2n) is 7.84. The van der Waals surface area contributed by atoms with Crippen molar-refractivity contribution in [2.24, 2.45) is 5.92 Å². The first-order valence-electron chi connectivity index (χ1n) is 10.1. The molecule has 1 unspecified atom stereocenters. The molecule has 1 saturated heterocycles. The van der Waals surface area contributed by atoms with E-state index in [0.717, 1.165) is 49.3 Å². The van der Waals surface area contributed by atoms with Crippen molar-refractivity contribution in [1.29, 1.82) is 0 Å². The maximum atomic E-state index is 12.8.